The molecule has 0 atom stereocenters. The van der Waals surface area contributed by atoms with Gasteiger partial charge in [0.15, 0.2) is 5.96 Å². The number of nitrogens with zero attached hydrogens (tertiary/aromatic N) is 3. The molecule has 2 N–H and O–H groups in total. The van der Waals surface area contributed by atoms with Gasteiger partial charge in [0, 0.05) is 29.9 Å². The molecule has 1 aliphatic carbocycles. The van der Waals surface area contributed by atoms with E-state index in [1.54, 1.807) is 0 Å². The van der Waals surface area contributed by atoms with E-state index in [9.17, 15) is 0 Å². The lowest BCUT2D eigenvalue weighted by Crippen LogP contribution is -2.26. The number of aromatic nitrogens is 2. The third kappa shape index (κ3) is 6.13. The smallest absolute Gasteiger partial charge is 0.222 e. The fourth-order valence-electron chi connectivity index (χ4n) is 4.68. The van der Waals surface area contributed by atoms with Crippen molar-refractivity contribution in [3.05, 3.63) is 77.7 Å². The molecule has 2 heterocycles. The van der Waals surface area contributed by atoms with E-state index in [4.69, 9.17) is 14.7 Å². The van der Waals surface area contributed by atoms with Crippen molar-refractivity contribution in [1.82, 2.24) is 15.3 Å². The molecule has 2 aromatic carbocycles. The zero-order valence-electron chi connectivity index (χ0n) is 19.7. The van der Waals surface area contributed by atoms with Crippen LogP contribution in [0.4, 0.5) is 5.69 Å². The van der Waals surface area contributed by atoms with E-state index in [1.807, 2.05) is 30.3 Å². The maximum absolute atomic E-state index is 6.22. The molecular formula is C28H33N5O. The van der Waals surface area contributed by atoms with Gasteiger partial charge in [-0.25, -0.2) is 4.98 Å². The van der Waals surface area contributed by atoms with Crippen LogP contribution in [0.25, 0.3) is 0 Å². The van der Waals surface area contributed by atoms with Gasteiger partial charge >= 0.3 is 0 Å². The first-order chi connectivity index (χ1) is 16.8. The third-order valence-corrected chi connectivity index (χ3v) is 6.50. The molecule has 0 saturated heterocycles. The molecule has 0 unspecified atom stereocenters. The SMILES string of the molecule is c1ccc(CCCc2cc(Oc3ccc(NC4=NCCN4)cc3)nc(C3CCCCC3)n2)cc1. The summed E-state index contributed by atoms with van der Waals surface area (Å²) in [7, 11) is 0. The molecule has 2 aliphatic rings. The van der Waals surface area contributed by atoms with Gasteiger partial charge in [-0.05, 0) is 61.9 Å². The first-order valence-electron chi connectivity index (χ1n) is 12.6. The van der Waals surface area contributed by atoms with Crippen LogP contribution in [0.15, 0.2) is 65.7 Å². The number of benzene rings is 2. The number of hydrogen-bond acceptors (Lipinski definition) is 6. The van der Waals surface area contributed by atoms with Crippen molar-refractivity contribution >= 4 is 11.6 Å². The van der Waals surface area contributed by atoms with Crippen LogP contribution in [0.3, 0.4) is 0 Å². The normalized spacial score (nSPS) is 16.1. The molecule has 176 valence electrons. The molecule has 1 aliphatic heterocycles. The van der Waals surface area contributed by atoms with Crippen LogP contribution in [-0.4, -0.2) is 29.0 Å². The molecule has 3 aromatic rings. The van der Waals surface area contributed by atoms with E-state index in [-0.39, 0.29) is 0 Å². The monoisotopic (exact) mass is 455 g/mol. The Hall–Kier alpha value is -3.41. The Morgan fingerprint density at radius 2 is 1.74 bits per heavy atom. The first kappa shape index (κ1) is 22.4. The van der Waals surface area contributed by atoms with Gasteiger partial charge in [0.25, 0.3) is 0 Å². The van der Waals surface area contributed by atoms with Crippen LogP contribution in [-0.2, 0) is 12.8 Å². The van der Waals surface area contributed by atoms with Crippen molar-refractivity contribution in [1.29, 1.82) is 0 Å². The largest absolute Gasteiger partial charge is 0.439 e. The predicted molar refractivity (Wildman–Crippen MR) is 137 cm³/mol. The maximum Gasteiger partial charge on any atom is 0.222 e. The molecule has 6 heteroatoms. The van der Waals surface area contributed by atoms with E-state index in [0.29, 0.717) is 11.8 Å². The van der Waals surface area contributed by atoms with E-state index in [2.05, 4.69) is 46.0 Å². The minimum absolute atomic E-state index is 0.441. The van der Waals surface area contributed by atoms with Crippen LogP contribution in [0.1, 0.15) is 61.5 Å². The fourth-order valence-corrected chi connectivity index (χ4v) is 4.68. The summed E-state index contributed by atoms with van der Waals surface area (Å²) in [5.74, 6) is 3.64. The Morgan fingerprint density at radius 1 is 0.912 bits per heavy atom. The topological polar surface area (TPSA) is 71.4 Å². The summed E-state index contributed by atoms with van der Waals surface area (Å²) < 4.78 is 6.22. The summed E-state index contributed by atoms with van der Waals surface area (Å²) in [4.78, 5) is 14.2. The van der Waals surface area contributed by atoms with Crippen LogP contribution in [0.5, 0.6) is 11.6 Å². The lowest BCUT2D eigenvalue weighted by molar-refractivity contribution is 0.412. The van der Waals surface area contributed by atoms with Gasteiger partial charge in [0.1, 0.15) is 11.6 Å². The maximum atomic E-state index is 6.22. The Morgan fingerprint density at radius 3 is 2.50 bits per heavy atom. The molecule has 0 radical (unpaired) electrons. The van der Waals surface area contributed by atoms with Gasteiger partial charge in [-0.2, -0.15) is 4.98 Å². The number of hydrogen-bond donors (Lipinski definition) is 2. The van der Waals surface area contributed by atoms with E-state index < -0.39 is 0 Å². The Kier molecular flexibility index (Phi) is 7.34. The molecular weight excluding hydrogens is 422 g/mol. The molecule has 1 fully saturated rings. The zero-order valence-corrected chi connectivity index (χ0v) is 19.7. The van der Waals surface area contributed by atoms with Gasteiger partial charge in [0.2, 0.25) is 5.88 Å². The fraction of sp³-hybridized carbons (Fsp3) is 0.393. The number of nitrogens with one attached hydrogen (secondary N) is 2. The van der Waals surface area contributed by atoms with Crippen LogP contribution in [0.2, 0.25) is 0 Å². The van der Waals surface area contributed by atoms with Crippen LogP contribution < -0.4 is 15.4 Å². The number of rotatable bonds is 8. The van der Waals surface area contributed by atoms with Gasteiger partial charge in [-0.3, -0.25) is 4.99 Å². The second-order valence-electron chi connectivity index (χ2n) is 9.14. The number of guanidine groups is 1. The standard InChI is InChI=1S/C28H33N5O/c1-3-8-21(9-4-1)10-7-13-24-20-26(33-27(31-24)22-11-5-2-6-12-22)34-25-16-14-23(15-17-25)32-28-29-18-19-30-28/h1,3-4,8-9,14-17,20,22H,2,5-7,10-13,18-19H2,(H2,29,30,32). The number of aliphatic imine (C=N–C) groups is 1. The van der Waals surface area contributed by atoms with Crippen molar-refractivity contribution < 1.29 is 4.74 Å². The van der Waals surface area contributed by atoms with Gasteiger partial charge in [-0.15, -0.1) is 0 Å². The zero-order chi connectivity index (χ0) is 23.0. The van der Waals surface area contributed by atoms with E-state index >= 15 is 0 Å². The Labute approximate surface area is 201 Å². The number of ether oxygens (including phenoxy) is 1. The third-order valence-electron chi connectivity index (χ3n) is 6.50. The lowest BCUT2D eigenvalue weighted by atomic mass is 9.88. The Bertz CT molecular complexity index is 1090. The summed E-state index contributed by atoms with van der Waals surface area (Å²) in [5.41, 5.74) is 3.42. The quantitative estimate of drug-likeness (QED) is 0.445. The summed E-state index contributed by atoms with van der Waals surface area (Å²) in [5, 5.41) is 6.51. The molecule has 0 bridgehead atoms. The van der Waals surface area contributed by atoms with E-state index in [0.717, 1.165) is 61.3 Å². The highest BCUT2D eigenvalue weighted by Gasteiger charge is 2.20. The van der Waals surface area contributed by atoms with Crippen LogP contribution >= 0.6 is 0 Å². The van der Waals surface area contributed by atoms with Gasteiger partial charge < -0.3 is 15.4 Å². The number of anilines is 1. The minimum atomic E-state index is 0.441. The van der Waals surface area contributed by atoms with Crippen molar-refractivity contribution in [3.8, 4) is 11.6 Å². The molecule has 1 aromatic heterocycles. The second-order valence-corrected chi connectivity index (χ2v) is 9.14. The van der Waals surface area contributed by atoms with Crippen LogP contribution in [0, 0.1) is 0 Å². The highest BCUT2D eigenvalue weighted by molar-refractivity contribution is 5.94. The second kappa shape index (κ2) is 11.1. The molecule has 6 nitrogen and oxygen atoms in total. The average molecular weight is 456 g/mol. The molecule has 0 spiro atoms. The highest BCUT2D eigenvalue weighted by Crippen LogP contribution is 2.32. The van der Waals surface area contributed by atoms with Gasteiger partial charge in [-0.1, -0.05) is 49.6 Å². The predicted octanol–water partition coefficient (Wildman–Crippen LogP) is 5.86. The molecule has 34 heavy (non-hydrogen) atoms. The highest BCUT2D eigenvalue weighted by atomic mass is 16.5. The molecule has 1 saturated carbocycles. The van der Waals surface area contributed by atoms with Crippen molar-refractivity contribution in [3.63, 3.8) is 0 Å². The summed E-state index contributed by atoms with van der Waals surface area (Å²) in [6.45, 7) is 1.70. The Balaban J connectivity index is 1.28. The van der Waals surface area contributed by atoms with E-state index in [1.165, 1.54) is 37.7 Å². The summed E-state index contributed by atoms with van der Waals surface area (Å²) in [6.07, 6.45) is 9.21. The molecule has 5 rings (SSSR count). The van der Waals surface area contributed by atoms with Crippen molar-refractivity contribution in [2.75, 3.05) is 18.4 Å². The minimum Gasteiger partial charge on any atom is -0.439 e. The van der Waals surface area contributed by atoms with Crippen molar-refractivity contribution in [2.45, 2.75) is 57.3 Å². The van der Waals surface area contributed by atoms with Gasteiger partial charge in [0.05, 0.1) is 6.54 Å². The van der Waals surface area contributed by atoms with Crippen molar-refractivity contribution in [2.24, 2.45) is 4.99 Å². The molecule has 0 amide bonds. The summed E-state index contributed by atoms with van der Waals surface area (Å²) in [6, 6.07) is 20.6. The summed E-state index contributed by atoms with van der Waals surface area (Å²) >= 11 is 0. The number of aryl methyl sites for hydroxylation is 2. The average Bonchev–Trinajstić information content (AvgIpc) is 3.39. The lowest BCUT2D eigenvalue weighted by Gasteiger charge is -2.21. The first-order valence-corrected chi connectivity index (χ1v) is 12.6.